The molecule has 0 aromatic carbocycles. The van der Waals surface area contributed by atoms with Gasteiger partial charge in [-0.2, -0.15) is 0 Å². The normalized spacial score (nSPS) is 18.3. The van der Waals surface area contributed by atoms with Crippen LogP contribution in [0.3, 0.4) is 0 Å². The van der Waals surface area contributed by atoms with Crippen LogP contribution >= 0.6 is 0 Å². The maximum Gasteiger partial charge on any atom is 0.220 e. The van der Waals surface area contributed by atoms with Gasteiger partial charge in [-0.3, -0.25) is 4.79 Å². The van der Waals surface area contributed by atoms with E-state index in [9.17, 15) is 30.3 Å². The van der Waals surface area contributed by atoms with E-state index in [1.54, 1.807) is 6.08 Å². The Morgan fingerprint density at radius 1 is 0.398 bits per heavy atom. The molecule has 0 spiro atoms. The molecule has 0 aromatic heterocycles. The molecule has 7 atom stereocenters. The lowest BCUT2D eigenvalue weighted by Gasteiger charge is -2.40. The lowest BCUT2D eigenvalue weighted by Crippen LogP contribution is -2.60. The van der Waals surface area contributed by atoms with Gasteiger partial charge in [0.2, 0.25) is 5.91 Å². The molecule has 0 bridgehead atoms. The maximum atomic E-state index is 13.1. The van der Waals surface area contributed by atoms with Crippen LogP contribution in [-0.4, -0.2) is 87.5 Å². The van der Waals surface area contributed by atoms with E-state index in [0.29, 0.717) is 6.42 Å². The average Bonchev–Trinajstić information content (AvgIpc) is 3.49. The number of nitrogens with one attached hydrogen (secondary N) is 1. The van der Waals surface area contributed by atoms with Gasteiger partial charge in [-0.1, -0.05) is 372 Å². The van der Waals surface area contributed by atoms with Crippen LogP contribution in [0.5, 0.6) is 0 Å². The Bertz CT molecular complexity index is 1360. The Labute approximate surface area is 515 Å². The first kappa shape index (κ1) is 79.7. The fraction of sp³-hybridized carbons (Fsp3) is 0.932. The molecule has 9 nitrogen and oxygen atoms in total. The van der Waals surface area contributed by atoms with E-state index in [1.165, 1.54) is 327 Å². The maximum absolute atomic E-state index is 13.1. The topological polar surface area (TPSA) is 149 Å². The summed E-state index contributed by atoms with van der Waals surface area (Å²) in [6, 6.07) is -0.820. The first-order valence-corrected chi connectivity index (χ1v) is 37.1. The molecule has 0 aliphatic carbocycles. The van der Waals surface area contributed by atoms with Crippen molar-refractivity contribution in [2.24, 2.45) is 0 Å². The molecule has 6 N–H and O–H groups in total. The molecule has 1 aliphatic rings. The van der Waals surface area contributed by atoms with Crippen LogP contribution in [0.2, 0.25) is 0 Å². The zero-order valence-electron chi connectivity index (χ0n) is 55.2. The second kappa shape index (κ2) is 63.7. The summed E-state index contributed by atoms with van der Waals surface area (Å²) in [5.74, 6) is -0.177. The summed E-state index contributed by atoms with van der Waals surface area (Å²) in [7, 11) is 0. The van der Waals surface area contributed by atoms with Crippen molar-refractivity contribution in [3.63, 3.8) is 0 Å². The van der Waals surface area contributed by atoms with E-state index in [2.05, 4.69) is 31.3 Å². The molecule has 1 amide bonds. The molecule has 0 aromatic rings. The molecule has 0 saturated carbocycles. The summed E-state index contributed by atoms with van der Waals surface area (Å²) in [4.78, 5) is 13.1. The number of aliphatic hydroxyl groups is 5. The Morgan fingerprint density at radius 2 is 0.687 bits per heavy atom. The molecule has 1 saturated heterocycles. The van der Waals surface area contributed by atoms with Crippen LogP contribution in [0, 0.1) is 0 Å². The minimum Gasteiger partial charge on any atom is -0.394 e. The number of ether oxygens (including phenoxy) is 2. The van der Waals surface area contributed by atoms with E-state index in [1.807, 2.05) is 6.08 Å². The van der Waals surface area contributed by atoms with E-state index < -0.39 is 49.5 Å². The lowest BCUT2D eigenvalue weighted by molar-refractivity contribution is -0.302. The first-order chi connectivity index (χ1) is 40.8. The summed E-state index contributed by atoms with van der Waals surface area (Å²) in [6.45, 7) is 3.83. The molecular weight excluding hydrogens is 1030 g/mol. The summed E-state index contributed by atoms with van der Waals surface area (Å²) < 4.78 is 11.3. The summed E-state index contributed by atoms with van der Waals surface area (Å²) in [5.41, 5.74) is 0. The van der Waals surface area contributed by atoms with Crippen LogP contribution in [-0.2, 0) is 14.3 Å². The molecule has 7 unspecified atom stereocenters. The van der Waals surface area contributed by atoms with Crippen molar-refractivity contribution >= 4 is 5.91 Å². The summed E-state index contributed by atoms with van der Waals surface area (Å²) >= 11 is 0. The van der Waals surface area contributed by atoms with E-state index >= 15 is 0 Å². The van der Waals surface area contributed by atoms with Gasteiger partial charge < -0.3 is 40.3 Å². The van der Waals surface area contributed by atoms with Crippen molar-refractivity contribution < 1.29 is 39.8 Å². The Hall–Kier alpha value is -1.33. The van der Waals surface area contributed by atoms with Crippen molar-refractivity contribution in [3.8, 4) is 0 Å². The van der Waals surface area contributed by atoms with Crippen LogP contribution in [0.1, 0.15) is 386 Å². The molecule has 83 heavy (non-hydrogen) atoms. The highest BCUT2D eigenvalue weighted by atomic mass is 16.7. The van der Waals surface area contributed by atoms with Crippen LogP contribution in [0.25, 0.3) is 0 Å². The zero-order chi connectivity index (χ0) is 60.0. The van der Waals surface area contributed by atoms with Gasteiger partial charge in [0.05, 0.1) is 25.4 Å². The standard InChI is InChI=1S/C74H143NO8/c1-3-5-7-9-11-13-15-17-19-21-23-25-27-29-31-32-33-34-35-36-37-38-40-42-44-46-48-50-52-54-56-58-60-62-64-70(78)75-67(66-82-74-73(81)72(80)71(79)69(65-76)83-74)68(77)63-61-59-57-55-53-51-49-47-45-43-41-39-30-28-26-24-22-20-18-16-14-12-10-8-6-4-2/h53,55,61,63,67-69,71-74,76-77,79-81H,3-52,54,56-60,62,64-66H2,1-2H3,(H,75,78)/b55-53+,63-61+. The van der Waals surface area contributed by atoms with Crippen molar-refractivity contribution in [2.75, 3.05) is 13.2 Å². The third kappa shape index (κ3) is 52.3. The van der Waals surface area contributed by atoms with Crippen molar-refractivity contribution in [1.29, 1.82) is 0 Å². The number of rotatable bonds is 66. The molecular formula is C74H143NO8. The molecule has 1 rings (SSSR count). The number of allylic oxidation sites excluding steroid dienone is 3. The van der Waals surface area contributed by atoms with Gasteiger partial charge in [-0.05, 0) is 32.1 Å². The smallest absolute Gasteiger partial charge is 0.220 e. The molecule has 492 valence electrons. The van der Waals surface area contributed by atoms with Gasteiger partial charge in [0.25, 0.3) is 0 Å². The summed E-state index contributed by atoms with van der Waals surface area (Å²) in [5, 5.41) is 54.8. The van der Waals surface area contributed by atoms with Crippen LogP contribution in [0.15, 0.2) is 24.3 Å². The lowest BCUT2D eigenvalue weighted by atomic mass is 9.99. The number of carbonyl (C=O) groups excluding carboxylic acids is 1. The monoisotopic (exact) mass is 1170 g/mol. The second-order valence-corrected chi connectivity index (χ2v) is 26.1. The van der Waals surface area contributed by atoms with Crippen molar-refractivity contribution in [2.45, 2.75) is 429 Å². The van der Waals surface area contributed by atoms with Gasteiger partial charge in [0.15, 0.2) is 6.29 Å². The third-order valence-electron chi connectivity index (χ3n) is 18.0. The highest BCUT2D eigenvalue weighted by Crippen LogP contribution is 2.24. The van der Waals surface area contributed by atoms with Crippen LogP contribution < -0.4 is 5.32 Å². The fourth-order valence-corrected chi connectivity index (χ4v) is 12.2. The zero-order valence-corrected chi connectivity index (χ0v) is 55.2. The fourth-order valence-electron chi connectivity index (χ4n) is 12.2. The van der Waals surface area contributed by atoms with Gasteiger partial charge in [-0.15, -0.1) is 0 Å². The Morgan fingerprint density at radius 3 is 1.01 bits per heavy atom. The number of amides is 1. The van der Waals surface area contributed by atoms with E-state index in [4.69, 9.17) is 9.47 Å². The molecule has 1 heterocycles. The minimum atomic E-state index is -1.57. The van der Waals surface area contributed by atoms with Gasteiger partial charge in [0, 0.05) is 6.42 Å². The highest BCUT2D eigenvalue weighted by Gasteiger charge is 2.44. The summed E-state index contributed by atoms with van der Waals surface area (Å²) in [6.07, 6.45) is 77.4. The Kier molecular flexibility index (Phi) is 61.1. The van der Waals surface area contributed by atoms with Gasteiger partial charge in [-0.25, -0.2) is 0 Å². The average molecular weight is 1170 g/mol. The quantitative estimate of drug-likeness (QED) is 0.0261. The van der Waals surface area contributed by atoms with E-state index in [-0.39, 0.29) is 12.5 Å². The molecule has 9 heteroatoms. The van der Waals surface area contributed by atoms with E-state index in [0.717, 1.165) is 38.5 Å². The van der Waals surface area contributed by atoms with Gasteiger partial charge in [0.1, 0.15) is 24.4 Å². The van der Waals surface area contributed by atoms with Crippen molar-refractivity contribution in [3.05, 3.63) is 24.3 Å². The predicted molar refractivity (Wildman–Crippen MR) is 355 cm³/mol. The number of hydrogen-bond acceptors (Lipinski definition) is 8. The largest absolute Gasteiger partial charge is 0.394 e. The number of carbonyl (C=O) groups is 1. The minimum absolute atomic E-state index is 0.177. The van der Waals surface area contributed by atoms with Crippen molar-refractivity contribution in [1.82, 2.24) is 5.32 Å². The molecule has 1 aliphatic heterocycles. The Balaban J connectivity index is 2.10. The predicted octanol–water partition coefficient (Wildman–Crippen LogP) is 20.4. The number of unbranched alkanes of at least 4 members (excludes halogenated alkanes) is 54. The molecule has 1 fully saturated rings. The number of aliphatic hydroxyl groups excluding tert-OH is 5. The number of hydrogen-bond donors (Lipinski definition) is 6. The van der Waals surface area contributed by atoms with Crippen LogP contribution in [0.4, 0.5) is 0 Å². The molecule has 0 radical (unpaired) electrons. The highest BCUT2D eigenvalue weighted by molar-refractivity contribution is 5.76. The third-order valence-corrected chi connectivity index (χ3v) is 18.0. The second-order valence-electron chi connectivity index (χ2n) is 26.1. The first-order valence-electron chi connectivity index (χ1n) is 37.1. The SMILES string of the molecule is CCCCCCCCCCCCCCCCCCCCCC/C=C/CC/C=C/C(O)C(COC1OC(CO)C(O)C(O)C1O)NC(=O)CCCCCCCCCCCCCCCCCCCCCCCCCCCCCCCCCCCC. The van der Waals surface area contributed by atoms with Gasteiger partial charge >= 0.3 is 0 Å².